The molecule has 0 aliphatic carbocycles. The third-order valence-electron chi connectivity index (χ3n) is 4.81. The van der Waals surface area contributed by atoms with E-state index < -0.39 is 24.0 Å². The first-order chi connectivity index (χ1) is 14.9. The molecule has 2 amide bonds. The van der Waals surface area contributed by atoms with Crippen LogP contribution < -0.4 is 10.6 Å². The van der Waals surface area contributed by atoms with E-state index in [2.05, 4.69) is 10.6 Å². The fourth-order valence-corrected chi connectivity index (χ4v) is 3.15. The van der Waals surface area contributed by atoms with E-state index in [1.54, 1.807) is 0 Å². The largest absolute Gasteiger partial charge is 0.464 e. The van der Waals surface area contributed by atoms with Crippen molar-refractivity contribution >= 4 is 17.8 Å². The van der Waals surface area contributed by atoms with Crippen molar-refractivity contribution < 1.29 is 19.1 Å². The van der Waals surface area contributed by atoms with Gasteiger partial charge in [0.25, 0.3) is 0 Å². The second-order valence-electron chi connectivity index (χ2n) is 7.87. The van der Waals surface area contributed by atoms with Gasteiger partial charge in [-0.1, -0.05) is 81.4 Å². The van der Waals surface area contributed by atoms with Gasteiger partial charge in [-0.25, -0.2) is 4.79 Å². The van der Waals surface area contributed by atoms with Crippen molar-refractivity contribution in [2.75, 3.05) is 6.61 Å². The highest BCUT2D eigenvalue weighted by Gasteiger charge is 2.29. The van der Waals surface area contributed by atoms with Crippen LogP contribution in [0.25, 0.3) is 0 Å². The van der Waals surface area contributed by atoms with E-state index in [-0.39, 0.29) is 18.2 Å². The molecule has 6 heteroatoms. The first-order valence-corrected chi connectivity index (χ1v) is 10.7. The van der Waals surface area contributed by atoms with Crippen LogP contribution >= 0.6 is 0 Å². The highest BCUT2D eigenvalue weighted by molar-refractivity contribution is 5.91. The van der Waals surface area contributed by atoms with Crippen LogP contribution in [0.2, 0.25) is 0 Å². The summed E-state index contributed by atoms with van der Waals surface area (Å²) in [5.41, 5.74) is 1.78. The quantitative estimate of drug-likeness (QED) is 0.543. The van der Waals surface area contributed by atoms with Crippen LogP contribution in [0.15, 0.2) is 60.7 Å². The SMILES string of the molecule is CCCOC(=O)C(Cc1ccccc1)NC(=O)C(NC(=O)Cc1ccccc1)C(C)C. The van der Waals surface area contributed by atoms with Crippen molar-refractivity contribution in [1.29, 1.82) is 0 Å². The molecule has 2 aromatic carbocycles. The van der Waals surface area contributed by atoms with Crippen LogP contribution in [-0.4, -0.2) is 36.5 Å². The molecule has 0 aromatic heterocycles. The highest BCUT2D eigenvalue weighted by Crippen LogP contribution is 2.09. The molecule has 0 bridgehead atoms. The Bertz CT molecular complexity index is 837. The van der Waals surface area contributed by atoms with Gasteiger partial charge in [-0.3, -0.25) is 9.59 Å². The van der Waals surface area contributed by atoms with Crippen molar-refractivity contribution in [3.63, 3.8) is 0 Å². The standard InChI is InChI=1S/C25H32N2O4/c1-4-15-31-25(30)21(16-19-11-7-5-8-12-19)26-24(29)23(18(2)3)27-22(28)17-20-13-9-6-10-14-20/h5-14,18,21,23H,4,15-17H2,1-3H3,(H,26,29)(H,27,28). The molecule has 2 N–H and O–H groups in total. The Morgan fingerprint density at radius 2 is 1.45 bits per heavy atom. The smallest absolute Gasteiger partial charge is 0.328 e. The lowest BCUT2D eigenvalue weighted by Crippen LogP contribution is -2.54. The molecule has 2 atom stereocenters. The zero-order valence-corrected chi connectivity index (χ0v) is 18.5. The van der Waals surface area contributed by atoms with Gasteiger partial charge in [0, 0.05) is 6.42 Å². The molecule has 0 aliphatic rings. The molecule has 31 heavy (non-hydrogen) atoms. The molecule has 2 aromatic rings. The van der Waals surface area contributed by atoms with Crippen molar-refractivity contribution in [3.05, 3.63) is 71.8 Å². The Labute approximate surface area is 184 Å². The topological polar surface area (TPSA) is 84.5 Å². The van der Waals surface area contributed by atoms with E-state index in [1.165, 1.54) is 0 Å². The second-order valence-corrected chi connectivity index (χ2v) is 7.87. The molecule has 0 fully saturated rings. The maximum atomic E-state index is 13.0. The van der Waals surface area contributed by atoms with Gasteiger partial charge in [0.15, 0.2) is 0 Å². The van der Waals surface area contributed by atoms with Gasteiger partial charge in [0.2, 0.25) is 11.8 Å². The molecule has 0 heterocycles. The summed E-state index contributed by atoms with van der Waals surface area (Å²) < 4.78 is 5.29. The van der Waals surface area contributed by atoms with Gasteiger partial charge in [-0.2, -0.15) is 0 Å². The Balaban J connectivity index is 2.07. The molecule has 2 rings (SSSR count). The number of hydrogen-bond acceptors (Lipinski definition) is 4. The lowest BCUT2D eigenvalue weighted by molar-refractivity contribution is -0.148. The minimum absolute atomic E-state index is 0.149. The number of benzene rings is 2. The Morgan fingerprint density at radius 1 is 0.871 bits per heavy atom. The number of carbonyl (C=O) groups is 3. The molecular formula is C25H32N2O4. The number of esters is 1. The van der Waals surface area contributed by atoms with E-state index in [9.17, 15) is 14.4 Å². The molecule has 0 radical (unpaired) electrons. The van der Waals surface area contributed by atoms with Gasteiger partial charge in [0.05, 0.1) is 13.0 Å². The van der Waals surface area contributed by atoms with Crippen molar-refractivity contribution in [1.82, 2.24) is 10.6 Å². The maximum absolute atomic E-state index is 13.0. The summed E-state index contributed by atoms with van der Waals surface area (Å²) in [6.07, 6.45) is 1.20. The van der Waals surface area contributed by atoms with E-state index in [4.69, 9.17) is 4.74 Å². The number of nitrogens with one attached hydrogen (secondary N) is 2. The number of amides is 2. The van der Waals surface area contributed by atoms with Gasteiger partial charge in [-0.15, -0.1) is 0 Å². The van der Waals surface area contributed by atoms with Gasteiger partial charge in [-0.05, 0) is 23.5 Å². The fourth-order valence-electron chi connectivity index (χ4n) is 3.15. The molecule has 0 spiro atoms. The summed E-state index contributed by atoms with van der Waals surface area (Å²) in [7, 11) is 0. The molecular weight excluding hydrogens is 392 g/mol. The normalized spacial score (nSPS) is 12.6. The molecule has 0 saturated heterocycles. The molecule has 6 nitrogen and oxygen atoms in total. The van der Waals surface area contributed by atoms with Crippen LogP contribution in [0, 0.1) is 5.92 Å². The third-order valence-corrected chi connectivity index (χ3v) is 4.81. The van der Waals surface area contributed by atoms with Crippen LogP contribution in [0.4, 0.5) is 0 Å². The first-order valence-electron chi connectivity index (χ1n) is 10.7. The number of carbonyl (C=O) groups excluding carboxylic acids is 3. The Morgan fingerprint density at radius 3 is 2.00 bits per heavy atom. The fraction of sp³-hybridized carbons (Fsp3) is 0.400. The second kappa shape index (κ2) is 12.5. The van der Waals surface area contributed by atoms with Crippen LogP contribution in [0.1, 0.15) is 38.3 Å². The molecule has 2 unspecified atom stereocenters. The zero-order chi connectivity index (χ0) is 22.6. The number of ether oxygens (including phenoxy) is 1. The van der Waals surface area contributed by atoms with Gasteiger partial charge < -0.3 is 15.4 Å². The van der Waals surface area contributed by atoms with Gasteiger partial charge >= 0.3 is 5.97 Å². The lowest BCUT2D eigenvalue weighted by atomic mass is 10.0. The van der Waals surface area contributed by atoms with Crippen molar-refractivity contribution in [3.8, 4) is 0 Å². The number of hydrogen-bond donors (Lipinski definition) is 2. The van der Waals surface area contributed by atoms with Crippen LogP contribution in [-0.2, 0) is 32.0 Å². The summed E-state index contributed by atoms with van der Waals surface area (Å²) in [5.74, 6) is -1.26. The van der Waals surface area contributed by atoms with Crippen molar-refractivity contribution in [2.24, 2.45) is 5.92 Å². The first kappa shape index (κ1) is 24.1. The number of rotatable bonds is 11. The summed E-state index contributed by atoms with van der Waals surface area (Å²) in [5, 5.41) is 5.61. The monoisotopic (exact) mass is 424 g/mol. The van der Waals surface area contributed by atoms with E-state index >= 15 is 0 Å². The summed E-state index contributed by atoms with van der Waals surface area (Å²) in [4.78, 5) is 38.1. The predicted molar refractivity (Wildman–Crippen MR) is 120 cm³/mol. The lowest BCUT2D eigenvalue weighted by Gasteiger charge is -2.25. The minimum atomic E-state index is -0.825. The maximum Gasteiger partial charge on any atom is 0.328 e. The highest BCUT2D eigenvalue weighted by atomic mass is 16.5. The third kappa shape index (κ3) is 8.24. The van der Waals surface area contributed by atoms with Crippen LogP contribution in [0.5, 0.6) is 0 Å². The summed E-state index contributed by atoms with van der Waals surface area (Å²) in [6.45, 7) is 5.92. The minimum Gasteiger partial charge on any atom is -0.464 e. The van der Waals surface area contributed by atoms with Gasteiger partial charge in [0.1, 0.15) is 12.1 Å². The molecule has 0 saturated carbocycles. The Hall–Kier alpha value is -3.15. The summed E-state index contributed by atoms with van der Waals surface area (Å²) >= 11 is 0. The van der Waals surface area contributed by atoms with E-state index in [1.807, 2.05) is 81.4 Å². The van der Waals surface area contributed by atoms with E-state index in [0.29, 0.717) is 19.4 Å². The average Bonchev–Trinajstić information content (AvgIpc) is 2.76. The van der Waals surface area contributed by atoms with Crippen LogP contribution in [0.3, 0.4) is 0 Å². The average molecular weight is 425 g/mol. The molecule has 0 aliphatic heterocycles. The summed E-state index contributed by atoms with van der Waals surface area (Å²) in [6, 6.07) is 17.2. The Kier molecular flexibility index (Phi) is 9.75. The van der Waals surface area contributed by atoms with E-state index in [0.717, 1.165) is 11.1 Å². The predicted octanol–water partition coefficient (Wildman–Crippen LogP) is 3.05. The van der Waals surface area contributed by atoms with Crippen molar-refractivity contribution in [2.45, 2.75) is 52.1 Å². The molecule has 166 valence electrons. The zero-order valence-electron chi connectivity index (χ0n) is 18.5.